The van der Waals surface area contributed by atoms with Crippen molar-refractivity contribution >= 4 is 0 Å². The first-order chi connectivity index (χ1) is 9.43. The third-order valence-electron chi connectivity index (χ3n) is 6.18. The number of hydrogen-bond donors (Lipinski definition) is 0. The average Bonchev–Trinajstić information content (AvgIpc) is 2.41. The smallest absolute Gasteiger partial charge is 0.0133 e. The van der Waals surface area contributed by atoms with E-state index < -0.39 is 0 Å². The molecule has 0 unspecified atom stereocenters. The van der Waals surface area contributed by atoms with E-state index >= 15 is 0 Å². The van der Waals surface area contributed by atoms with E-state index in [1.807, 2.05) is 0 Å². The van der Waals surface area contributed by atoms with Gasteiger partial charge in [0.05, 0.1) is 0 Å². The van der Waals surface area contributed by atoms with Crippen LogP contribution < -0.4 is 0 Å². The molecule has 0 fully saturated rings. The molecule has 0 aromatic rings. The monoisotopic (exact) mass is 272 g/mol. The summed E-state index contributed by atoms with van der Waals surface area (Å²) in [4.78, 5) is 0. The summed E-state index contributed by atoms with van der Waals surface area (Å²) in [6, 6.07) is 0. The van der Waals surface area contributed by atoms with E-state index in [2.05, 4.69) is 52.8 Å². The maximum absolute atomic E-state index is 2.54. The van der Waals surface area contributed by atoms with Crippen molar-refractivity contribution in [1.82, 2.24) is 0 Å². The van der Waals surface area contributed by atoms with Crippen molar-refractivity contribution in [3.63, 3.8) is 0 Å². The molecule has 0 heterocycles. The minimum absolute atomic E-state index is 0.472. The van der Waals surface area contributed by atoms with Crippen LogP contribution in [0.4, 0.5) is 0 Å². The van der Waals surface area contributed by atoms with Crippen molar-refractivity contribution in [3.8, 4) is 0 Å². The van der Waals surface area contributed by atoms with Crippen molar-refractivity contribution in [2.24, 2.45) is 17.3 Å². The van der Waals surface area contributed by atoms with Crippen molar-refractivity contribution in [1.29, 1.82) is 0 Å². The summed E-state index contributed by atoms with van der Waals surface area (Å²) in [5.41, 5.74) is 5.31. The molecule has 112 valence electrons. The maximum atomic E-state index is 2.54. The van der Waals surface area contributed by atoms with E-state index in [1.54, 1.807) is 16.7 Å². The number of fused-ring (bicyclic) bond motifs is 2. The first-order valence-electron chi connectivity index (χ1n) is 8.43. The Kier molecular flexibility index (Phi) is 4.94. The predicted molar refractivity (Wildman–Crippen MR) is 89.7 cm³/mol. The lowest BCUT2D eigenvalue weighted by Crippen LogP contribution is -2.36. The molecule has 2 bridgehead atoms. The molecule has 0 aromatic heterocycles. The van der Waals surface area contributed by atoms with Crippen LogP contribution in [0.5, 0.6) is 0 Å². The third kappa shape index (κ3) is 3.27. The molecule has 0 amide bonds. The Morgan fingerprint density at radius 2 is 1.70 bits per heavy atom. The van der Waals surface area contributed by atoms with E-state index in [0.717, 1.165) is 11.8 Å². The van der Waals surface area contributed by atoms with Gasteiger partial charge in [0.25, 0.3) is 0 Å². The molecule has 3 atom stereocenters. The summed E-state index contributed by atoms with van der Waals surface area (Å²) < 4.78 is 0. The van der Waals surface area contributed by atoms with Gasteiger partial charge >= 0.3 is 0 Å². The first kappa shape index (κ1) is 15.6. The molecule has 0 aliphatic heterocycles. The lowest BCUT2D eigenvalue weighted by Gasteiger charge is -2.45. The van der Waals surface area contributed by atoms with Gasteiger partial charge in [-0.1, -0.05) is 55.7 Å². The highest BCUT2D eigenvalue weighted by Crippen LogP contribution is 2.49. The zero-order valence-corrected chi connectivity index (χ0v) is 14.1. The van der Waals surface area contributed by atoms with Gasteiger partial charge in [-0.3, -0.25) is 0 Å². The van der Waals surface area contributed by atoms with Gasteiger partial charge in [0, 0.05) is 0 Å². The largest absolute Gasteiger partial charge is 0.0853 e. The highest BCUT2D eigenvalue weighted by molar-refractivity contribution is 5.21. The van der Waals surface area contributed by atoms with Gasteiger partial charge in [-0.25, -0.2) is 0 Å². The standard InChI is InChI=1S/C20H32/c1-15-7-6-8-16(2)13-14-20(5)17(3)10-12-19(11-9-15)18(20)4/h8-9,12,17-18H,6-7,10-11,13-14H2,1-5H3/b15-9+,16-8+/t17-,18-,20+/m1/s1. The Bertz CT molecular complexity index is 435. The molecular formula is C20H32. The zero-order chi connectivity index (χ0) is 14.8. The summed E-state index contributed by atoms with van der Waals surface area (Å²) >= 11 is 0. The lowest BCUT2D eigenvalue weighted by molar-refractivity contribution is 0.110. The predicted octanol–water partition coefficient (Wildman–Crippen LogP) is 6.45. The van der Waals surface area contributed by atoms with Crippen molar-refractivity contribution < 1.29 is 0 Å². The van der Waals surface area contributed by atoms with Gasteiger partial charge < -0.3 is 0 Å². The Balaban J connectivity index is 2.30. The Morgan fingerprint density at radius 1 is 1.00 bits per heavy atom. The van der Waals surface area contributed by atoms with Gasteiger partial charge in [0.1, 0.15) is 0 Å². The molecular weight excluding hydrogens is 240 g/mol. The fourth-order valence-electron chi connectivity index (χ4n) is 3.86. The van der Waals surface area contributed by atoms with Crippen LogP contribution in [0.3, 0.4) is 0 Å². The van der Waals surface area contributed by atoms with E-state index in [-0.39, 0.29) is 0 Å². The van der Waals surface area contributed by atoms with Crippen LogP contribution in [0.2, 0.25) is 0 Å². The quantitative estimate of drug-likeness (QED) is 0.444. The van der Waals surface area contributed by atoms with E-state index in [1.165, 1.54) is 38.5 Å². The molecule has 0 spiro atoms. The minimum Gasteiger partial charge on any atom is -0.0853 e. The van der Waals surface area contributed by atoms with Gasteiger partial charge in [-0.05, 0) is 69.6 Å². The highest BCUT2D eigenvalue weighted by atomic mass is 14.4. The van der Waals surface area contributed by atoms with Crippen LogP contribution in [0.15, 0.2) is 34.9 Å². The first-order valence-corrected chi connectivity index (χ1v) is 8.43. The minimum atomic E-state index is 0.472. The van der Waals surface area contributed by atoms with Crippen LogP contribution in [-0.2, 0) is 0 Å². The maximum Gasteiger partial charge on any atom is -0.0133 e. The average molecular weight is 272 g/mol. The van der Waals surface area contributed by atoms with Crippen molar-refractivity contribution in [3.05, 3.63) is 34.9 Å². The van der Waals surface area contributed by atoms with Crippen LogP contribution in [-0.4, -0.2) is 0 Å². The second-order valence-electron chi connectivity index (χ2n) is 7.49. The summed E-state index contributed by atoms with van der Waals surface area (Å²) in [6.45, 7) is 12.1. The van der Waals surface area contributed by atoms with E-state index in [0.29, 0.717) is 5.41 Å². The van der Waals surface area contributed by atoms with Gasteiger partial charge in [0.2, 0.25) is 0 Å². The number of hydrogen-bond acceptors (Lipinski definition) is 0. The SMILES string of the molecule is C/C1=C\CC2=CC[C@@H](C)[C@](C)(CC/C(C)=C/CC1)[C@@H]2C. The van der Waals surface area contributed by atoms with Crippen LogP contribution in [0.25, 0.3) is 0 Å². The molecule has 2 aliphatic carbocycles. The molecule has 0 radical (unpaired) electrons. The number of rotatable bonds is 0. The van der Waals surface area contributed by atoms with Crippen molar-refractivity contribution in [2.45, 2.75) is 73.1 Å². The fourth-order valence-corrected chi connectivity index (χ4v) is 3.86. The summed E-state index contributed by atoms with van der Waals surface area (Å²) in [6.07, 6.45) is 15.0. The normalized spacial score (nSPS) is 41.4. The fraction of sp³-hybridized carbons (Fsp3) is 0.700. The van der Waals surface area contributed by atoms with Crippen LogP contribution in [0, 0.1) is 17.3 Å². The topological polar surface area (TPSA) is 0 Å². The molecule has 0 heteroatoms. The van der Waals surface area contributed by atoms with E-state index in [9.17, 15) is 0 Å². The molecule has 0 N–H and O–H groups in total. The molecule has 0 saturated heterocycles. The Morgan fingerprint density at radius 3 is 2.45 bits per heavy atom. The van der Waals surface area contributed by atoms with Crippen molar-refractivity contribution in [2.75, 3.05) is 0 Å². The second kappa shape index (κ2) is 6.33. The Labute approximate surface area is 126 Å². The van der Waals surface area contributed by atoms with Gasteiger partial charge in [-0.15, -0.1) is 0 Å². The highest BCUT2D eigenvalue weighted by Gasteiger charge is 2.39. The molecule has 0 aromatic carbocycles. The zero-order valence-electron chi connectivity index (χ0n) is 14.1. The van der Waals surface area contributed by atoms with Crippen LogP contribution >= 0.6 is 0 Å². The third-order valence-corrected chi connectivity index (χ3v) is 6.18. The van der Waals surface area contributed by atoms with Gasteiger partial charge in [-0.2, -0.15) is 0 Å². The lowest BCUT2D eigenvalue weighted by atomic mass is 9.59. The molecule has 0 nitrogen and oxygen atoms in total. The molecule has 20 heavy (non-hydrogen) atoms. The summed E-state index contributed by atoms with van der Waals surface area (Å²) in [7, 11) is 0. The van der Waals surface area contributed by atoms with Crippen LogP contribution in [0.1, 0.15) is 73.1 Å². The second-order valence-corrected chi connectivity index (χ2v) is 7.49. The molecule has 2 aliphatic rings. The molecule has 0 saturated carbocycles. The molecule has 2 rings (SSSR count). The summed E-state index contributed by atoms with van der Waals surface area (Å²) in [5, 5.41) is 0. The Hall–Kier alpha value is -0.780. The van der Waals surface area contributed by atoms with Gasteiger partial charge in [0.15, 0.2) is 0 Å². The van der Waals surface area contributed by atoms with E-state index in [4.69, 9.17) is 0 Å². The summed E-state index contributed by atoms with van der Waals surface area (Å²) in [5.74, 6) is 1.53. The number of allylic oxidation sites excluding steroid dienone is 6.